The normalized spacial score (nSPS) is 12.4. The zero-order chi connectivity index (χ0) is 10.4. The van der Waals surface area contributed by atoms with Crippen LogP contribution in [0.4, 0.5) is 0 Å². The number of aryl methyl sites for hydroxylation is 1. The molecule has 0 aliphatic rings. The van der Waals surface area contributed by atoms with E-state index in [-0.39, 0.29) is 6.04 Å². The van der Waals surface area contributed by atoms with Crippen molar-refractivity contribution < 1.29 is 0 Å². The SMILES string of the molecule is C#CC(CC)NCc1ccn(CC)c1. The summed E-state index contributed by atoms with van der Waals surface area (Å²) in [7, 11) is 0. The van der Waals surface area contributed by atoms with Gasteiger partial charge in [-0.1, -0.05) is 12.8 Å². The second kappa shape index (κ2) is 5.51. The summed E-state index contributed by atoms with van der Waals surface area (Å²) in [5, 5.41) is 3.32. The molecule has 2 heteroatoms. The number of terminal acetylenes is 1. The Balaban J connectivity index is 2.41. The first-order valence-corrected chi connectivity index (χ1v) is 5.14. The molecule has 0 bridgehead atoms. The summed E-state index contributed by atoms with van der Waals surface area (Å²) in [6.07, 6.45) is 10.6. The smallest absolute Gasteiger partial charge is 0.0686 e. The minimum atomic E-state index is 0.194. The predicted octanol–water partition coefficient (Wildman–Crippen LogP) is 2.01. The minimum absolute atomic E-state index is 0.194. The topological polar surface area (TPSA) is 17.0 Å². The standard InChI is InChI=1S/C12H18N2/c1-4-12(5-2)13-9-11-7-8-14(6-3)10-11/h1,7-8,10,12-13H,5-6,9H2,2-3H3. The van der Waals surface area contributed by atoms with Crippen molar-refractivity contribution in [2.24, 2.45) is 0 Å². The van der Waals surface area contributed by atoms with Gasteiger partial charge in [0.2, 0.25) is 0 Å². The number of nitrogens with zero attached hydrogens (tertiary/aromatic N) is 1. The Hall–Kier alpha value is -1.20. The Morgan fingerprint density at radius 3 is 2.86 bits per heavy atom. The van der Waals surface area contributed by atoms with Crippen LogP contribution in [0.2, 0.25) is 0 Å². The third-order valence-corrected chi connectivity index (χ3v) is 2.34. The second-order valence-corrected chi connectivity index (χ2v) is 3.36. The van der Waals surface area contributed by atoms with Crippen molar-refractivity contribution in [3.63, 3.8) is 0 Å². The fourth-order valence-corrected chi connectivity index (χ4v) is 1.35. The van der Waals surface area contributed by atoms with Crippen LogP contribution >= 0.6 is 0 Å². The average molecular weight is 190 g/mol. The van der Waals surface area contributed by atoms with E-state index in [0.29, 0.717) is 0 Å². The van der Waals surface area contributed by atoms with E-state index < -0.39 is 0 Å². The molecule has 1 atom stereocenters. The van der Waals surface area contributed by atoms with Crippen molar-refractivity contribution >= 4 is 0 Å². The fourth-order valence-electron chi connectivity index (χ4n) is 1.35. The van der Waals surface area contributed by atoms with Crippen LogP contribution in [0.3, 0.4) is 0 Å². The predicted molar refractivity (Wildman–Crippen MR) is 59.9 cm³/mol. The van der Waals surface area contributed by atoms with Crippen LogP contribution in [-0.2, 0) is 13.1 Å². The molecule has 2 nitrogen and oxygen atoms in total. The minimum Gasteiger partial charge on any atom is -0.354 e. The molecule has 0 radical (unpaired) electrons. The number of hydrogen-bond donors (Lipinski definition) is 1. The molecule has 0 aromatic carbocycles. The van der Waals surface area contributed by atoms with E-state index in [0.717, 1.165) is 19.5 Å². The number of rotatable bonds is 5. The molecule has 1 aromatic heterocycles. The van der Waals surface area contributed by atoms with Gasteiger partial charge in [-0.2, -0.15) is 0 Å². The van der Waals surface area contributed by atoms with E-state index in [1.165, 1.54) is 5.56 Å². The average Bonchev–Trinajstić information content (AvgIpc) is 2.67. The highest BCUT2D eigenvalue weighted by Crippen LogP contribution is 2.01. The lowest BCUT2D eigenvalue weighted by atomic mass is 10.2. The van der Waals surface area contributed by atoms with Crippen molar-refractivity contribution in [3.05, 3.63) is 24.0 Å². The summed E-state index contributed by atoms with van der Waals surface area (Å²) < 4.78 is 2.16. The van der Waals surface area contributed by atoms with Crippen LogP contribution in [0.25, 0.3) is 0 Å². The molecular weight excluding hydrogens is 172 g/mol. The Labute approximate surface area is 86.3 Å². The molecule has 0 fully saturated rings. The summed E-state index contributed by atoms with van der Waals surface area (Å²) in [6.45, 7) is 6.10. The van der Waals surface area contributed by atoms with Gasteiger partial charge in [0, 0.05) is 25.5 Å². The molecule has 0 saturated heterocycles. The van der Waals surface area contributed by atoms with Crippen molar-refractivity contribution in [2.45, 2.75) is 39.4 Å². The van der Waals surface area contributed by atoms with Crippen LogP contribution in [0.1, 0.15) is 25.8 Å². The zero-order valence-electron chi connectivity index (χ0n) is 8.96. The molecule has 1 heterocycles. The Bertz CT molecular complexity index is 306. The first kappa shape index (κ1) is 10.9. The zero-order valence-corrected chi connectivity index (χ0v) is 8.96. The molecule has 1 N–H and O–H groups in total. The number of hydrogen-bond acceptors (Lipinski definition) is 1. The van der Waals surface area contributed by atoms with Crippen LogP contribution in [0.15, 0.2) is 18.5 Å². The Kier molecular flexibility index (Phi) is 4.28. The van der Waals surface area contributed by atoms with Gasteiger partial charge in [-0.05, 0) is 25.0 Å². The number of nitrogens with one attached hydrogen (secondary N) is 1. The van der Waals surface area contributed by atoms with Gasteiger partial charge in [-0.15, -0.1) is 6.42 Å². The van der Waals surface area contributed by atoms with Crippen LogP contribution in [0, 0.1) is 12.3 Å². The highest BCUT2D eigenvalue weighted by Gasteiger charge is 2.01. The van der Waals surface area contributed by atoms with Crippen LogP contribution in [0.5, 0.6) is 0 Å². The molecule has 76 valence electrons. The van der Waals surface area contributed by atoms with E-state index in [2.05, 4.69) is 48.1 Å². The van der Waals surface area contributed by atoms with Crippen molar-refractivity contribution in [1.82, 2.24) is 9.88 Å². The summed E-state index contributed by atoms with van der Waals surface area (Å²) in [4.78, 5) is 0. The molecular formula is C12H18N2. The lowest BCUT2D eigenvalue weighted by Gasteiger charge is -2.08. The number of aromatic nitrogens is 1. The quantitative estimate of drug-likeness (QED) is 0.703. The Morgan fingerprint density at radius 2 is 2.36 bits per heavy atom. The van der Waals surface area contributed by atoms with Crippen molar-refractivity contribution in [1.29, 1.82) is 0 Å². The van der Waals surface area contributed by atoms with Crippen LogP contribution in [-0.4, -0.2) is 10.6 Å². The van der Waals surface area contributed by atoms with Gasteiger partial charge in [0.15, 0.2) is 0 Å². The maximum Gasteiger partial charge on any atom is 0.0686 e. The van der Waals surface area contributed by atoms with Crippen molar-refractivity contribution in [2.75, 3.05) is 0 Å². The largest absolute Gasteiger partial charge is 0.354 e. The Morgan fingerprint density at radius 1 is 1.57 bits per heavy atom. The molecule has 0 aliphatic carbocycles. The molecule has 14 heavy (non-hydrogen) atoms. The summed E-state index contributed by atoms with van der Waals surface area (Å²) >= 11 is 0. The van der Waals surface area contributed by atoms with Gasteiger partial charge in [-0.3, -0.25) is 5.32 Å². The van der Waals surface area contributed by atoms with E-state index in [4.69, 9.17) is 6.42 Å². The second-order valence-electron chi connectivity index (χ2n) is 3.36. The molecule has 1 rings (SSSR count). The first-order valence-electron chi connectivity index (χ1n) is 5.14. The van der Waals surface area contributed by atoms with E-state index in [1.54, 1.807) is 0 Å². The molecule has 0 saturated carbocycles. The van der Waals surface area contributed by atoms with Gasteiger partial charge >= 0.3 is 0 Å². The molecule has 0 spiro atoms. The molecule has 0 amide bonds. The summed E-state index contributed by atoms with van der Waals surface area (Å²) in [5.74, 6) is 2.72. The maximum absolute atomic E-state index is 5.36. The van der Waals surface area contributed by atoms with E-state index >= 15 is 0 Å². The van der Waals surface area contributed by atoms with Gasteiger partial charge in [0.1, 0.15) is 0 Å². The van der Waals surface area contributed by atoms with E-state index in [1.807, 2.05) is 0 Å². The highest BCUT2D eigenvalue weighted by molar-refractivity contribution is 5.11. The van der Waals surface area contributed by atoms with Gasteiger partial charge < -0.3 is 4.57 Å². The lowest BCUT2D eigenvalue weighted by Crippen LogP contribution is -2.25. The van der Waals surface area contributed by atoms with Gasteiger partial charge in [0.05, 0.1) is 6.04 Å². The summed E-state index contributed by atoms with van der Waals surface area (Å²) in [6, 6.07) is 2.32. The molecule has 1 aromatic rings. The third-order valence-electron chi connectivity index (χ3n) is 2.34. The lowest BCUT2D eigenvalue weighted by molar-refractivity contribution is 0.591. The molecule has 0 aliphatic heterocycles. The summed E-state index contributed by atoms with van der Waals surface area (Å²) in [5.41, 5.74) is 1.29. The molecule has 1 unspecified atom stereocenters. The monoisotopic (exact) mass is 190 g/mol. The highest BCUT2D eigenvalue weighted by atomic mass is 14.9. The third kappa shape index (κ3) is 2.93. The first-order chi connectivity index (χ1) is 6.80. The fraction of sp³-hybridized carbons (Fsp3) is 0.500. The van der Waals surface area contributed by atoms with Crippen LogP contribution < -0.4 is 5.32 Å². The van der Waals surface area contributed by atoms with Gasteiger partial charge in [-0.25, -0.2) is 0 Å². The maximum atomic E-state index is 5.36. The van der Waals surface area contributed by atoms with Crippen molar-refractivity contribution in [3.8, 4) is 12.3 Å². The van der Waals surface area contributed by atoms with Gasteiger partial charge in [0.25, 0.3) is 0 Å². The van der Waals surface area contributed by atoms with E-state index in [9.17, 15) is 0 Å².